The Labute approximate surface area is 120 Å². The summed E-state index contributed by atoms with van der Waals surface area (Å²) in [4.78, 5) is 13.4. The summed E-state index contributed by atoms with van der Waals surface area (Å²) in [5.74, 6) is -0.406. The highest BCUT2D eigenvalue weighted by Crippen LogP contribution is 2.29. The number of hydrogen-bond acceptors (Lipinski definition) is 4. The first-order valence-electron chi connectivity index (χ1n) is 6.22. The summed E-state index contributed by atoms with van der Waals surface area (Å²) in [6.45, 7) is 3.03. The lowest BCUT2D eigenvalue weighted by molar-refractivity contribution is 0.0698. The minimum Gasteiger partial charge on any atom is -0.478 e. The molecule has 1 heterocycles. The van der Waals surface area contributed by atoms with Gasteiger partial charge in [-0.3, -0.25) is 0 Å². The molecule has 0 spiro atoms. The number of rotatable bonds is 4. The second-order valence-corrected chi connectivity index (χ2v) is 5.88. The SMILES string of the molecule is CN1CCC(CNc2cc(C(=O)O)c(N)cc2Br)C1. The van der Waals surface area contributed by atoms with E-state index in [9.17, 15) is 4.79 Å². The van der Waals surface area contributed by atoms with Gasteiger partial charge in [-0.15, -0.1) is 0 Å². The number of aromatic carboxylic acids is 1. The summed E-state index contributed by atoms with van der Waals surface area (Å²) in [5, 5.41) is 12.4. The van der Waals surface area contributed by atoms with E-state index in [1.165, 1.54) is 6.42 Å². The van der Waals surface area contributed by atoms with Gasteiger partial charge in [0.25, 0.3) is 0 Å². The number of anilines is 2. The molecule has 0 aliphatic carbocycles. The lowest BCUT2D eigenvalue weighted by Gasteiger charge is -2.15. The fraction of sp³-hybridized carbons (Fsp3) is 0.462. The molecule has 104 valence electrons. The Bertz CT molecular complexity index is 493. The first-order valence-corrected chi connectivity index (χ1v) is 7.01. The van der Waals surface area contributed by atoms with Gasteiger partial charge in [-0.25, -0.2) is 4.79 Å². The number of nitrogens with zero attached hydrogens (tertiary/aromatic N) is 1. The van der Waals surface area contributed by atoms with E-state index < -0.39 is 5.97 Å². The van der Waals surface area contributed by atoms with E-state index in [0.717, 1.165) is 29.8 Å². The van der Waals surface area contributed by atoms with Crippen molar-refractivity contribution in [2.45, 2.75) is 6.42 Å². The molecule has 1 unspecified atom stereocenters. The van der Waals surface area contributed by atoms with Crippen LogP contribution in [0.2, 0.25) is 0 Å². The van der Waals surface area contributed by atoms with Crippen LogP contribution in [-0.2, 0) is 0 Å². The Morgan fingerprint density at radius 3 is 2.95 bits per heavy atom. The number of likely N-dealkylation sites (tertiary alicyclic amines) is 1. The number of carbonyl (C=O) groups is 1. The maximum atomic E-state index is 11.1. The number of carboxylic acid groups (broad SMARTS) is 1. The number of nitrogens with two attached hydrogens (primary N) is 1. The normalized spacial score (nSPS) is 19.6. The minimum absolute atomic E-state index is 0.134. The van der Waals surface area contributed by atoms with Crippen LogP contribution in [0.4, 0.5) is 11.4 Å². The lowest BCUT2D eigenvalue weighted by atomic mass is 10.1. The number of carboxylic acids is 1. The summed E-state index contributed by atoms with van der Waals surface area (Å²) in [5.41, 5.74) is 6.86. The predicted octanol–water partition coefficient (Wildman–Crippen LogP) is 2.09. The minimum atomic E-state index is -1.01. The lowest BCUT2D eigenvalue weighted by Crippen LogP contribution is -2.19. The maximum Gasteiger partial charge on any atom is 0.337 e. The zero-order valence-corrected chi connectivity index (χ0v) is 12.4. The highest BCUT2D eigenvalue weighted by atomic mass is 79.9. The van der Waals surface area contributed by atoms with Gasteiger partial charge in [0, 0.05) is 28.9 Å². The zero-order valence-electron chi connectivity index (χ0n) is 10.8. The van der Waals surface area contributed by atoms with Crippen molar-refractivity contribution in [3.63, 3.8) is 0 Å². The summed E-state index contributed by atoms with van der Waals surface area (Å²) in [6.07, 6.45) is 1.17. The topological polar surface area (TPSA) is 78.6 Å². The number of nitrogen functional groups attached to an aromatic ring is 1. The van der Waals surface area contributed by atoms with Crippen molar-refractivity contribution in [3.8, 4) is 0 Å². The van der Waals surface area contributed by atoms with Gasteiger partial charge in [-0.05, 0) is 54.0 Å². The molecule has 1 aromatic rings. The quantitative estimate of drug-likeness (QED) is 0.738. The van der Waals surface area contributed by atoms with Gasteiger partial charge >= 0.3 is 5.97 Å². The highest BCUT2D eigenvalue weighted by Gasteiger charge is 2.19. The van der Waals surface area contributed by atoms with Crippen molar-refractivity contribution >= 4 is 33.3 Å². The number of hydrogen-bond donors (Lipinski definition) is 3. The molecule has 2 rings (SSSR count). The molecule has 19 heavy (non-hydrogen) atoms. The van der Waals surface area contributed by atoms with Crippen molar-refractivity contribution < 1.29 is 9.90 Å². The fourth-order valence-corrected chi connectivity index (χ4v) is 2.86. The molecule has 1 saturated heterocycles. The summed E-state index contributed by atoms with van der Waals surface area (Å²) < 4.78 is 0.793. The molecule has 1 atom stereocenters. The van der Waals surface area contributed by atoms with Crippen LogP contribution in [0.1, 0.15) is 16.8 Å². The van der Waals surface area contributed by atoms with Crippen molar-refractivity contribution in [1.29, 1.82) is 0 Å². The Morgan fingerprint density at radius 2 is 2.37 bits per heavy atom. The van der Waals surface area contributed by atoms with Crippen LogP contribution in [-0.4, -0.2) is 42.7 Å². The van der Waals surface area contributed by atoms with Crippen LogP contribution in [0, 0.1) is 5.92 Å². The molecule has 5 nitrogen and oxygen atoms in total. The molecule has 0 saturated carbocycles. The van der Waals surface area contributed by atoms with Crippen molar-refractivity contribution in [2.75, 3.05) is 37.7 Å². The smallest absolute Gasteiger partial charge is 0.337 e. The van der Waals surface area contributed by atoms with E-state index in [1.54, 1.807) is 12.1 Å². The molecule has 0 bridgehead atoms. The first kappa shape index (κ1) is 14.1. The van der Waals surface area contributed by atoms with Crippen LogP contribution in [0.5, 0.6) is 0 Å². The van der Waals surface area contributed by atoms with Gasteiger partial charge in [0.1, 0.15) is 0 Å². The monoisotopic (exact) mass is 327 g/mol. The van der Waals surface area contributed by atoms with E-state index in [4.69, 9.17) is 10.8 Å². The average molecular weight is 328 g/mol. The fourth-order valence-electron chi connectivity index (χ4n) is 2.36. The highest BCUT2D eigenvalue weighted by molar-refractivity contribution is 9.10. The van der Waals surface area contributed by atoms with Crippen molar-refractivity contribution in [2.24, 2.45) is 5.92 Å². The Balaban J connectivity index is 2.07. The third-order valence-corrected chi connectivity index (χ3v) is 4.10. The molecule has 1 aliphatic rings. The largest absolute Gasteiger partial charge is 0.478 e. The van der Waals surface area contributed by atoms with Crippen LogP contribution < -0.4 is 11.1 Å². The van der Waals surface area contributed by atoms with Gasteiger partial charge < -0.3 is 21.1 Å². The first-order chi connectivity index (χ1) is 8.97. The van der Waals surface area contributed by atoms with E-state index >= 15 is 0 Å². The molecule has 0 radical (unpaired) electrons. The van der Waals surface area contributed by atoms with Crippen LogP contribution in [0.25, 0.3) is 0 Å². The summed E-state index contributed by atoms with van der Waals surface area (Å²) in [7, 11) is 2.11. The summed E-state index contributed by atoms with van der Waals surface area (Å²) >= 11 is 3.41. The van der Waals surface area contributed by atoms with Crippen LogP contribution in [0.15, 0.2) is 16.6 Å². The van der Waals surface area contributed by atoms with Gasteiger partial charge in [-0.1, -0.05) is 0 Å². The number of nitrogens with one attached hydrogen (secondary N) is 1. The standard InChI is InChI=1S/C13H18BrN3O2/c1-17-3-2-8(7-17)6-16-12-4-9(13(18)19)11(15)5-10(12)14/h4-5,8,16H,2-3,6-7,15H2,1H3,(H,18,19). The molecule has 4 N–H and O–H groups in total. The zero-order chi connectivity index (χ0) is 14.0. The van der Waals surface area contributed by atoms with Crippen molar-refractivity contribution in [1.82, 2.24) is 4.90 Å². The Kier molecular flexibility index (Phi) is 4.31. The third kappa shape index (κ3) is 3.39. The van der Waals surface area contributed by atoms with Gasteiger partial charge in [0.05, 0.1) is 5.56 Å². The second kappa shape index (κ2) is 5.79. The van der Waals surface area contributed by atoms with Gasteiger partial charge in [-0.2, -0.15) is 0 Å². The van der Waals surface area contributed by atoms with E-state index in [1.807, 2.05) is 0 Å². The maximum absolute atomic E-state index is 11.1. The summed E-state index contributed by atoms with van der Waals surface area (Å²) in [6, 6.07) is 3.22. The molecule has 6 heteroatoms. The van der Waals surface area contributed by atoms with E-state index in [-0.39, 0.29) is 11.3 Å². The molecule has 0 aromatic heterocycles. The predicted molar refractivity (Wildman–Crippen MR) is 79.6 cm³/mol. The van der Waals surface area contributed by atoms with Crippen LogP contribution in [0.3, 0.4) is 0 Å². The second-order valence-electron chi connectivity index (χ2n) is 5.02. The molecule has 1 aromatic carbocycles. The Morgan fingerprint density at radius 1 is 1.63 bits per heavy atom. The number of benzene rings is 1. The molecular weight excluding hydrogens is 310 g/mol. The molecular formula is C13H18BrN3O2. The molecule has 1 fully saturated rings. The Hall–Kier alpha value is -1.27. The van der Waals surface area contributed by atoms with Crippen molar-refractivity contribution in [3.05, 3.63) is 22.2 Å². The number of halogens is 1. The van der Waals surface area contributed by atoms with Crippen LogP contribution >= 0.6 is 15.9 Å². The van der Waals surface area contributed by atoms with Gasteiger partial charge in [0.15, 0.2) is 0 Å². The van der Waals surface area contributed by atoms with E-state index in [2.05, 4.69) is 33.2 Å². The molecule has 1 aliphatic heterocycles. The van der Waals surface area contributed by atoms with E-state index in [0.29, 0.717) is 5.92 Å². The third-order valence-electron chi connectivity index (χ3n) is 3.44. The molecule has 0 amide bonds. The van der Waals surface area contributed by atoms with Gasteiger partial charge in [0.2, 0.25) is 0 Å². The average Bonchev–Trinajstić information content (AvgIpc) is 2.73.